The van der Waals surface area contributed by atoms with Crippen molar-refractivity contribution in [3.8, 4) is 0 Å². The van der Waals surface area contributed by atoms with Gasteiger partial charge in [0.2, 0.25) is 5.91 Å². The highest BCUT2D eigenvalue weighted by Gasteiger charge is 2.34. The first kappa shape index (κ1) is 17.8. The second-order valence-corrected chi connectivity index (χ2v) is 7.56. The molecular formula is C18H25ClN2O2. The summed E-state index contributed by atoms with van der Waals surface area (Å²) in [6.07, 6.45) is 5.17. The molecule has 1 N–H and O–H groups in total. The summed E-state index contributed by atoms with van der Waals surface area (Å²) in [6.45, 7) is 5.78. The standard InChI is InChI=1S/C18H25ClN2O2/c1-18(2,3)21(17(23)14-7-5-4-6-8-14)20-16(22)13-9-11-15(19)12-10-13/h9-12,14H,4-8H2,1-3H3,(H,20,22). The molecule has 0 atom stereocenters. The van der Waals surface area contributed by atoms with Gasteiger partial charge in [0.15, 0.2) is 0 Å². The molecule has 1 fully saturated rings. The minimum atomic E-state index is -0.476. The van der Waals surface area contributed by atoms with Crippen LogP contribution in [-0.4, -0.2) is 22.4 Å². The molecule has 1 aliphatic rings. The molecule has 126 valence electrons. The van der Waals surface area contributed by atoms with E-state index >= 15 is 0 Å². The summed E-state index contributed by atoms with van der Waals surface area (Å²) in [5, 5.41) is 2.08. The van der Waals surface area contributed by atoms with Gasteiger partial charge in [0.05, 0.1) is 5.54 Å². The molecule has 1 saturated carbocycles. The quantitative estimate of drug-likeness (QED) is 0.823. The van der Waals surface area contributed by atoms with Crippen LogP contribution in [0, 0.1) is 5.92 Å². The van der Waals surface area contributed by atoms with Crippen LogP contribution in [0.2, 0.25) is 5.02 Å². The molecule has 2 amide bonds. The van der Waals surface area contributed by atoms with E-state index in [2.05, 4.69) is 5.43 Å². The molecule has 1 aromatic carbocycles. The number of amides is 2. The number of carbonyl (C=O) groups excluding carboxylic acids is 2. The Morgan fingerprint density at radius 3 is 2.17 bits per heavy atom. The number of carbonyl (C=O) groups is 2. The average molecular weight is 337 g/mol. The van der Waals surface area contributed by atoms with E-state index in [0.29, 0.717) is 10.6 Å². The maximum Gasteiger partial charge on any atom is 0.269 e. The van der Waals surface area contributed by atoms with E-state index in [0.717, 1.165) is 25.7 Å². The fraction of sp³-hybridized carbons (Fsp3) is 0.556. The monoisotopic (exact) mass is 336 g/mol. The van der Waals surface area contributed by atoms with E-state index < -0.39 is 5.54 Å². The van der Waals surface area contributed by atoms with E-state index in [1.807, 2.05) is 20.8 Å². The minimum absolute atomic E-state index is 0.00786. The average Bonchev–Trinajstić information content (AvgIpc) is 2.52. The number of nitrogens with zero attached hydrogens (tertiary/aromatic N) is 1. The third kappa shape index (κ3) is 4.71. The first-order valence-electron chi connectivity index (χ1n) is 8.19. The van der Waals surface area contributed by atoms with Crippen LogP contribution < -0.4 is 5.43 Å². The second-order valence-electron chi connectivity index (χ2n) is 7.13. The Balaban J connectivity index is 2.13. The van der Waals surface area contributed by atoms with Gasteiger partial charge in [-0.2, -0.15) is 0 Å². The van der Waals surface area contributed by atoms with Crippen molar-refractivity contribution in [2.24, 2.45) is 5.92 Å². The van der Waals surface area contributed by atoms with Crippen molar-refractivity contribution >= 4 is 23.4 Å². The highest BCUT2D eigenvalue weighted by Crippen LogP contribution is 2.27. The van der Waals surface area contributed by atoms with E-state index in [1.54, 1.807) is 24.3 Å². The van der Waals surface area contributed by atoms with Crippen molar-refractivity contribution in [3.05, 3.63) is 34.9 Å². The smallest absolute Gasteiger partial charge is 0.269 e. The number of benzene rings is 1. The van der Waals surface area contributed by atoms with Gasteiger partial charge in [0.25, 0.3) is 5.91 Å². The van der Waals surface area contributed by atoms with Gasteiger partial charge in [-0.25, -0.2) is 5.01 Å². The lowest BCUT2D eigenvalue weighted by atomic mass is 9.87. The van der Waals surface area contributed by atoms with Crippen LogP contribution >= 0.6 is 11.6 Å². The Labute approximate surface area is 143 Å². The summed E-state index contributed by atoms with van der Waals surface area (Å²) in [6, 6.07) is 6.65. The predicted molar refractivity (Wildman–Crippen MR) is 92.1 cm³/mol. The summed E-state index contributed by atoms with van der Waals surface area (Å²) >= 11 is 5.85. The lowest BCUT2D eigenvalue weighted by molar-refractivity contribution is -0.145. The van der Waals surface area contributed by atoms with E-state index in [-0.39, 0.29) is 17.7 Å². The van der Waals surface area contributed by atoms with Gasteiger partial charge in [-0.1, -0.05) is 30.9 Å². The van der Waals surface area contributed by atoms with Gasteiger partial charge >= 0.3 is 0 Å². The van der Waals surface area contributed by atoms with Crippen molar-refractivity contribution < 1.29 is 9.59 Å². The first-order valence-corrected chi connectivity index (χ1v) is 8.57. The largest absolute Gasteiger partial charge is 0.273 e. The molecule has 4 nitrogen and oxygen atoms in total. The van der Waals surface area contributed by atoms with Crippen LogP contribution in [0.15, 0.2) is 24.3 Å². The minimum Gasteiger partial charge on any atom is -0.273 e. The number of nitrogens with one attached hydrogen (secondary N) is 1. The molecule has 0 spiro atoms. The third-order valence-electron chi connectivity index (χ3n) is 4.17. The van der Waals surface area contributed by atoms with Gasteiger partial charge in [0.1, 0.15) is 0 Å². The SMILES string of the molecule is CC(C)(C)N(NC(=O)c1ccc(Cl)cc1)C(=O)C1CCCCC1. The first-order chi connectivity index (χ1) is 10.8. The van der Waals surface area contributed by atoms with Crippen LogP contribution in [0.4, 0.5) is 0 Å². The van der Waals surface area contributed by atoms with Crippen molar-refractivity contribution in [2.75, 3.05) is 0 Å². The Bertz CT molecular complexity index is 557. The van der Waals surface area contributed by atoms with Crippen molar-refractivity contribution in [1.82, 2.24) is 10.4 Å². The van der Waals surface area contributed by atoms with Crippen LogP contribution in [0.3, 0.4) is 0 Å². The van der Waals surface area contributed by atoms with Crippen molar-refractivity contribution in [2.45, 2.75) is 58.4 Å². The van der Waals surface area contributed by atoms with Crippen LogP contribution in [0.1, 0.15) is 63.2 Å². The van der Waals surface area contributed by atoms with Crippen LogP contribution in [-0.2, 0) is 4.79 Å². The molecule has 0 aromatic heterocycles. The molecule has 0 heterocycles. The Kier molecular flexibility index (Phi) is 5.69. The molecule has 2 rings (SSSR count). The molecule has 0 radical (unpaired) electrons. The van der Waals surface area contributed by atoms with E-state index in [1.165, 1.54) is 11.4 Å². The van der Waals surface area contributed by atoms with Crippen LogP contribution in [0.5, 0.6) is 0 Å². The van der Waals surface area contributed by atoms with Crippen molar-refractivity contribution in [3.63, 3.8) is 0 Å². The van der Waals surface area contributed by atoms with Crippen molar-refractivity contribution in [1.29, 1.82) is 0 Å². The normalized spacial score (nSPS) is 16.0. The number of hydrogen-bond donors (Lipinski definition) is 1. The molecule has 23 heavy (non-hydrogen) atoms. The summed E-state index contributed by atoms with van der Waals surface area (Å²) in [5.41, 5.74) is 2.80. The zero-order valence-electron chi connectivity index (χ0n) is 14.1. The summed E-state index contributed by atoms with van der Waals surface area (Å²) in [5.74, 6) is -0.270. The van der Waals surface area contributed by atoms with Crippen LogP contribution in [0.25, 0.3) is 0 Å². The highest BCUT2D eigenvalue weighted by molar-refractivity contribution is 6.30. The lowest BCUT2D eigenvalue weighted by Crippen LogP contribution is -2.57. The van der Waals surface area contributed by atoms with Gasteiger partial charge in [-0.05, 0) is 57.9 Å². The van der Waals surface area contributed by atoms with Gasteiger partial charge in [-0.15, -0.1) is 0 Å². The summed E-state index contributed by atoms with van der Waals surface area (Å²) in [4.78, 5) is 25.3. The Hall–Kier alpha value is -1.55. The maximum atomic E-state index is 12.9. The predicted octanol–water partition coefficient (Wildman–Crippen LogP) is 4.19. The highest BCUT2D eigenvalue weighted by atomic mass is 35.5. The number of halogens is 1. The second kappa shape index (κ2) is 7.35. The molecule has 1 aliphatic carbocycles. The molecule has 5 heteroatoms. The molecule has 0 unspecified atom stereocenters. The van der Waals surface area contributed by atoms with Gasteiger partial charge in [0, 0.05) is 16.5 Å². The number of hydrogen-bond acceptors (Lipinski definition) is 2. The molecular weight excluding hydrogens is 312 g/mol. The zero-order chi connectivity index (χ0) is 17.0. The van der Waals surface area contributed by atoms with Gasteiger partial charge in [-0.3, -0.25) is 15.0 Å². The topological polar surface area (TPSA) is 49.4 Å². The van der Waals surface area contributed by atoms with Gasteiger partial charge < -0.3 is 0 Å². The Morgan fingerprint density at radius 2 is 1.65 bits per heavy atom. The third-order valence-corrected chi connectivity index (χ3v) is 4.42. The maximum absolute atomic E-state index is 12.9. The molecule has 0 saturated heterocycles. The Morgan fingerprint density at radius 1 is 1.09 bits per heavy atom. The number of rotatable bonds is 2. The molecule has 1 aromatic rings. The summed E-state index contributed by atoms with van der Waals surface area (Å²) < 4.78 is 0. The number of hydrazine groups is 1. The fourth-order valence-corrected chi connectivity index (χ4v) is 2.98. The molecule has 0 bridgehead atoms. The summed E-state index contributed by atoms with van der Waals surface area (Å²) in [7, 11) is 0. The fourth-order valence-electron chi connectivity index (χ4n) is 2.85. The lowest BCUT2D eigenvalue weighted by Gasteiger charge is -2.38. The van der Waals surface area contributed by atoms with E-state index in [4.69, 9.17) is 11.6 Å². The van der Waals surface area contributed by atoms with E-state index in [9.17, 15) is 9.59 Å². The molecule has 0 aliphatic heterocycles. The zero-order valence-corrected chi connectivity index (χ0v) is 14.8.